The summed E-state index contributed by atoms with van der Waals surface area (Å²) in [6.07, 6.45) is 7.28. The quantitative estimate of drug-likeness (QED) is 0.507. The van der Waals surface area contributed by atoms with Crippen molar-refractivity contribution in [2.75, 3.05) is 19.8 Å². The van der Waals surface area contributed by atoms with E-state index in [0.29, 0.717) is 40.8 Å². The van der Waals surface area contributed by atoms with Gasteiger partial charge in [-0.2, -0.15) is 5.26 Å². The van der Waals surface area contributed by atoms with E-state index in [9.17, 15) is 20.0 Å². The molecule has 2 aromatic heterocycles. The monoisotopic (exact) mass is 415 g/mol. The standard InChI is InChI=1S/C22H17N5O4/c1-2-8-31-12-18(28)25-11-14-9-17(25)20-21(29)27(22(30)26(14)20)16-6-5-13(10-23)19-15(16)4-3-7-24-19/h1,3-7,14,17,29H,8-9,11-12H2/t14-,17?/m1/s1. The van der Waals surface area contributed by atoms with Crippen LogP contribution in [0.2, 0.25) is 0 Å². The minimum atomic E-state index is -0.413. The molecule has 9 nitrogen and oxygen atoms in total. The van der Waals surface area contributed by atoms with Gasteiger partial charge in [-0.15, -0.1) is 6.42 Å². The molecule has 0 aliphatic carbocycles. The van der Waals surface area contributed by atoms with Crippen LogP contribution < -0.4 is 5.69 Å². The highest BCUT2D eigenvalue weighted by atomic mass is 16.5. The lowest BCUT2D eigenvalue weighted by Gasteiger charge is -2.27. The van der Waals surface area contributed by atoms with Gasteiger partial charge in [0.25, 0.3) is 0 Å². The highest BCUT2D eigenvalue weighted by molar-refractivity contribution is 5.91. The van der Waals surface area contributed by atoms with E-state index < -0.39 is 6.04 Å². The Bertz CT molecular complexity index is 1370. The summed E-state index contributed by atoms with van der Waals surface area (Å²) in [6, 6.07) is 8.11. The lowest BCUT2D eigenvalue weighted by atomic mass is 10.1. The Hall–Kier alpha value is -4.08. The van der Waals surface area contributed by atoms with Crippen molar-refractivity contribution in [2.24, 2.45) is 0 Å². The number of likely N-dealkylation sites (tertiary alicyclic amines) is 1. The Labute approximate surface area is 176 Å². The predicted octanol–water partition coefficient (Wildman–Crippen LogP) is 1.24. The number of carbonyl (C=O) groups excluding carboxylic acids is 1. The van der Waals surface area contributed by atoms with Crippen molar-refractivity contribution in [3.8, 4) is 30.0 Å². The highest BCUT2D eigenvalue weighted by Crippen LogP contribution is 2.48. The highest BCUT2D eigenvalue weighted by Gasteiger charge is 2.49. The summed E-state index contributed by atoms with van der Waals surface area (Å²) < 4.78 is 7.94. The molecule has 0 radical (unpaired) electrons. The minimum absolute atomic E-state index is 0.0415. The van der Waals surface area contributed by atoms with Crippen molar-refractivity contribution < 1.29 is 14.6 Å². The van der Waals surface area contributed by atoms with Crippen LogP contribution in [0.25, 0.3) is 16.6 Å². The van der Waals surface area contributed by atoms with Crippen LogP contribution in [0, 0.1) is 23.7 Å². The number of benzene rings is 1. The molecular weight excluding hydrogens is 398 g/mol. The van der Waals surface area contributed by atoms with Gasteiger partial charge in [-0.05, 0) is 30.7 Å². The van der Waals surface area contributed by atoms with E-state index in [2.05, 4.69) is 17.0 Å². The summed E-state index contributed by atoms with van der Waals surface area (Å²) in [4.78, 5) is 31.7. The fourth-order valence-corrected chi connectivity index (χ4v) is 4.66. The SMILES string of the molecule is C#CCOCC(=O)N1C[C@H]2CC1c1c(O)n(-c3ccc(C#N)c4ncccc34)c(=O)n12. The number of amides is 1. The second-order valence-electron chi connectivity index (χ2n) is 7.49. The number of aromatic hydroxyl groups is 1. The minimum Gasteiger partial charge on any atom is -0.493 e. The van der Waals surface area contributed by atoms with Crippen molar-refractivity contribution in [1.29, 1.82) is 5.26 Å². The molecule has 0 saturated carbocycles. The zero-order valence-electron chi connectivity index (χ0n) is 16.4. The summed E-state index contributed by atoms with van der Waals surface area (Å²) in [5.41, 5.74) is 1.28. The van der Waals surface area contributed by atoms with E-state index in [4.69, 9.17) is 11.2 Å². The summed E-state index contributed by atoms with van der Waals surface area (Å²) in [7, 11) is 0. The van der Waals surface area contributed by atoms with E-state index in [0.717, 1.165) is 0 Å². The summed E-state index contributed by atoms with van der Waals surface area (Å²) >= 11 is 0. The molecule has 31 heavy (non-hydrogen) atoms. The van der Waals surface area contributed by atoms with E-state index >= 15 is 0 Å². The molecule has 1 saturated heterocycles. The Kier molecular flexibility index (Phi) is 4.28. The lowest BCUT2D eigenvalue weighted by molar-refractivity contribution is -0.137. The van der Waals surface area contributed by atoms with Gasteiger partial charge < -0.3 is 14.7 Å². The van der Waals surface area contributed by atoms with Gasteiger partial charge in [-0.3, -0.25) is 14.3 Å². The van der Waals surface area contributed by atoms with Crippen LogP contribution in [-0.2, 0) is 9.53 Å². The first-order chi connectivity index (χ1) is 15.1. The molecule has 4 heterocycles. The maximum absolute atomic E-state index is 13.3. The average Bonchev–Trinajstić information content (AvgIpc) is 3.45. The van der Waals surface area contributed by atoms with Gasteiger partial charge >= 0.3 is 5.69 Å². The third-order valence-electron chi connectivity index (χ3n) is 5.90. The van der Waals surface area contributed by atoms with Crippen molar-refractivity contribution in [2.45, 2.75) is 18.5 Å². The number of nitriles is 1. The number of terminal acetylenes is 1. The fraction of sp³-hybridized carbons (Fsp3) is 0.273. The van der Waals surface area contributed by atoms with Gasteiger partial charge in [0, 0.05) is 18.1 Å². The average molecular weight is 415 g/mol. The first kappa shape index (κ1) is 18.9. The first-order valence-electron chi connectivity index (χ1n) is 9.71. The maximum Gasteiger partial charge on any atom is 0.336 e. The second kappa shape index (κ2) is 7.01. The molecule has 3 aromatic rings. The van der Waals surface area contributed by atoms with Crippen LogP contribution in [0.5, 0.6) is 5.88 Å². The Morgan fingerprint density at radius 1 is 1.39 bits per heavy atom. The smallest absolute Gasteiger partial charge is 0.336 e. The maximum atomic E-state index is 13.3. The zero-order valence-corrected chi connectivity index (χ0v) is 16.4. The number of hydrogen-bond acceptors (Lipinski definition) is 6. The predicted molar refractivity (Wildman–Crippen MR) is 109 cm³/mol. The molecular formula is C22H17N5O4. The van der Waals surface area contributed by atoms with Crippen LogP contribution >= 0.6 is 0 Å². The molecule has 1 amide bonds. The molecule has 154 valence electrons. The molecule has 9 heteroatoms. The first-order valence-corrected chi connectivity index (χ1v) is 9.71. The molecule has 1 N–H and O–H groups in total. The van der Waals surface area contributed by atoms with Crippen molar-refractivity contribution in [3.63, 3.8) is 0 Å². The van der Waals surface area contributed by atoms with Gasteiger partial charge in [0.1, 0.15) is 25.0 Å². The van der Waals surface area contributed by atoms with E-state index in [1.54, 1.807) is 39.9 Å². The van der Waals surface area contributed by atoms with Crippen LogP contribution in [0.1, 0.15) is 29.8 Å². The van der Waals surface area contributed by atoms with E-state index in [-0.39, 0.29) is 36.7 Å². The number of rotatable bonds is 4. The van der Waals surface area contributed by atoms with Crippen LogP contribution in [0.3, 0.4) is 0 Å². The number of pyridine rings is 1. The van der Waals surface area contributed by atoms with Crippen molar-refractivity contribution in [1.82, 2.24) is 19.0 Å². The van der Waals surface area contributed by atoms with E-state index in [1.807, 2.05) is 0 Å². The van der Waals surface area contributed by atoms with E-state index in [1.165, 1.54) is 4.57 Å². The number of carbonyl (C=O) groups is 1. The largest absolute Gasteiger partial charge is 0.493 e. The number of ether oxygens (including phenoxy) is 1. The Morgan fingerprint density at radius 2 is 2.23 bits per heavy atom. The molecule has 2 bridgehead atoms. The van der Waals surface area contributed by atoms with Gasteiger partial charge in [-0.25, -0.2) is 9.36 Å². The Morgan fingerprint density at radius 3 is 3.00 bits per heavy atom. The lowest BCUT2D eigenvalue weighted by Crippen LogP contribution is -2.39. The molecule has 2 aliphatic rings. The normalized spacial score (nSPS) is 18.7. The van der Waals surface area contributed by atoms with Gasteiger partial charge in [0.05, 0.1) is 28.9 Å². The molecule has 2 atom stereocenters. The third kappa shape index (κ3) is 2.64. The van der Waals surface area contributed by atoms with Crippen LogP contribution in [0.15, 0.2) is 35.3 Å². The third-order valence-corrected chi connectivity index (χ3v) is 5.90. The van der Waals surface area contributed by atoms with Crippen molar-refractivity contribution >= 4 is 16.8 Å². The fourth-order valence-electron chi connectivity index (χ4n) is 4.66. The molecule has 5 rings (SSSR count). The number of aromatic nitrogens is 3. The topological polar surface area (TPSA) is 113 Å². The van der Waals surface area contributed by atoms with Crippen LogP contribution in [0.4, 0.5) is 0 Å². The summed E-state index contributed by atoms with van der Waals surface area (Å²) in [5, 5.41) is 21.0. The Balaban J connectivity index is 1.60. The van der Waals surface area contributed by atoms with Gasteiger partial charge in [-0.1, -0.05) is 5.92 Å². The molecule has 1 unspecified atom stereocenters. The molecule has 1 aromatic carbocycles. The van der Waals surface area contributed by atoms with Gasteiger partial charge in [0.15, 0.2) is 0 Å². The van der Waals surface area contributed by atoms with Gasteiger partial charge in [0.2, 0.25) is 11.8 Å². The summed E-state index contributed by atoms with van der Waals surface area (Å²) in [6.45, 7) is 0.264. The number of fused-ring (bicyclic) bond motifs is 6. The van der Waals surface area contributed by atoms with Crippen LogP contribution in [-0.4, -0.2) is 49.8 Å². The van der Waals surface area contributed by atoms with Crippen molar-refractivity contribution in [3.05, 3.63) is 52.2 Å². The number of hydrogen-bond donors (Lipinski definition) is 1. The molecule has 2 aliphatic heterocycles. The molecule has 1 fully saturated rings. The molecule has 0 spiro atoms. The second-order valence-corrected chi connectivity index (χ2v) is 7.49. The number of nitrogens with zero attached hydrogens (tertiary/aromatic N) is 5. The number of imidazole rings is 1. The summed E-state index contributed by atoms with van der Waals surface area (Å²) in [5.74, 6) is 1.87. The zero-order chi connectivity index (χ0) is 21.7.